The molecule has 0 saturated heterocycles. The van der Waals surface area contributed by atoms with Crippen molar-refractivity contribution in [3.05, 3.63) is 0 Å². The number of ether oxygens (including phenoxy) is 2. The number of nitrogens with zero attached hydrogens (tertiary/aromatic N) is 2. The van der Waals surface area contributed by atoms with Gasteiger partial charge >= 0.3 is 23.9 Å². The fourth-order valence-electron chi connectivity index (χ4n) is 3.49. The third-order valence-corrected chi connectivity index (χ3v) is 5.33. The molecule has 0 spiro atoms. The summed E-state index contributed by atoms with van der Waals surface area (Å²) in [5.41, 5.74) is 0. The molecule has 37 heavy (non-hydrogen) atoms. The van der Waals surface area contributed by atoms with Crippen LogP contribution in [0.15, 0.2) is 0 Å². The van der Waals surface area contributed by atoms with Crippen molar-refractivity contribution in [2.24, 2.45) is 0 Å². The zero-order valence-electron chi connectivity index (χ0n) is 23.1. The van der Waals surface area contributed by atoms with Gasteiger partial charge in [-0.2, -0.15) is 0 Å². The van der Waals surface area contributed by atoms with Gasteiger partial charge in [0.1, 0.15) is 0 Å². The molecular weight excluding hydrogens is 484 g/mol. The second-order valence-electron chi connectivity index (χ2n) is 8.79. The molecule has 0 saturated carbocycles. The Balaban J connectivity index is 0. The number of carboxylic acid groups (broad SMARTS) is 3. The van der Waals surface area contributed by atoms with E-state index in [-0.39, 0.29) is 26.2 Å². The largest absolute Gasteiger partial charge is 0.480 e. The molecule has 0 aliphatic carbocycles. The molecule has 11 heteroatoms. The average molecular weight is 535 g/mol. The standard InChI is InChI=1S/C22H40N2O8.C4H10O/c1-2-3-4-5-6-7-8-9-10-11-14-32-22(31)18-24(17-21(29)30)13-12-23(15-19(25)26)16-20(27)28;1-3-5-4-2/h2-18H2,1H3,(H,25,26)(H,27,28)(H,29,30);3-4H2,1-2H3. The first-order valence-electron chi connectivity index (χ1n) is 13.5. The summed E-state index contributed by atoms with van der Waals surface area (Å²) in [6, 6.07) is 0. The van der Waals surface area contributed by atoms with Gasteiger partial charge in [-0.25, -0.2) is 0 Å². The Morgan fingerprint density at radius 3 is 1.30 bits per heavy atom. The van der Waals surface area contributed by atoms with E-state index in [1.165, 1.54) is 49.8 Å². The zero-order valence-corrected chi connectivity index (χ0v) is 23.1. The summed E-state index contributed by atoms with van der Waals surface area (Å²) in [4.78, 5) is 47.3. The highest BCUT2D eigenvalue weighted by Gasteiger charge is 2.19. The topological polar surface area (TPSA) is 154 Å². The van der Waals surface area contributed by atoms with Gasteiger partial charge in [0.15, 0.2) is 0 Å². The van der Waals surface area contributed by atoms with E-state index in [1.807, 2.05) is 13.8 Å². The average Bonchev–Trinajstić information content (AvgIpc) is 2.80. The second-order valence-corrected chi connectivity index (χ2v) is 8.79. The molecule has 0 amide bonds. The maximum absolute atomic E-state index is 12.0. The minimum Gasteiger partial charge on any atom is -0.480 e. The van der Waals surface area contributed by atoms with Gasteiger partial charge in [0.2, 0.25) is 0 Å². The van der Waals surface area contributed by atoms with E-state index in [9.17, 15) is 19.2 Å². The number of carbonyl (C=O) groups is 4. The fraction of sp³-hybridized carbons (Fsp3) is 0.846. The number of hydrogen-bond acceptors (Lipinski definition) is 8. The van der Waals surface area contributed by atoms with Gasteiger partial charge in [-0.15, -0.1) is 0 Å². The summed E-state index contributed by atoms with van der Waals surface area (Å²) in [5.74, 6) is -4.07. The first kappa shape index (κ1) is 36.9. The van der Waals surface area contributed by atoms with Crippen LogP contribution in [0.25, 0.3) is 0 Å². The van der Waals surface area contributed by atoms with E-state index in [4.69, 9.17) is 24.8 Å². The highest BCUT2D eigenvalue weighted by molar-refractivity contribution is 5.74. The maximum Gasteiger partial charge on any atom is 0.320 e. The summed E-state index contributed by atoms with van der Waals surface area (Å²) in [5, 5.41) is 26.8. The smallest absolute Gasteiger partial charge is 0.320 e. The molecule has 0 aliphatic rings. The van der Waals surface area contributed by atoms with Crippen molar-refractivity contribution in [1.29, 1.82) is 0 Å². The van der Waals surface area contributed by atoms with Crippen LogP contribution < -0.4 is 0 Å². The molecule has 0 heterocycles. The molecular formula is C26H50N2O9. The Labute approximate surface area is 222 Å². The molecule has 0 unspecified atom stereocenters. The molecule has 0 fully saturated rings. The molecule has 0 atom stereocenters. The lowest BCUT2D eigenvalue weighted by atomic mass is 10.1. The molecule has 0 aromatic rings. The molecule has 0 aromatic carbocycles. The summed E-state index contributed by atoms with van der Waals surface area (Å²) in [6.07, 6.45) is 11.7. The van der Waals surface area contributed by atoms with E-state index < -0.39 is 43.5 Å². The van der Waals surface area contributed by atoms with E-state index in [1.54, 1.807) is 0 Å². The lowest BCUT2D eigenvalue weighted by Crippen LogP contribution is -2.43. The second kappa shape index (κ2) is 26.8. The third kappa shape index (κ3) is 29.9. The lowest BCUT2D eigenvalue weighted by molar-refractivity contribution is -0.148. The van der Waals surface area contributed by atoms with Crippen LogP contribution in [0, 0.1) is 0 Å². The number of aliphatic carboxylic acids is 3. The summed E-state index contributed by atoms with van der Waals surface area (Å²) in [6.45, 7) is 6.51. The maximum atomic E-state index is 12.0. The number of carboxylic acids is 3. The highest BCUT2D eigenvalue weighted by Crippen LogP contribution is 2.10. The number of rotatable bonds is 24. The van der Waals surface area contributed by atoms with Crippen molar-refractivity contribution in [1.82, 2.24) is 9.80 Å². The highest BCUT2D eigenvalue weighted by atomic mass is 16.5. The number of unbranched alkanes of at least 4 members (excludes halogenated alkanes) is 9. The summed E-state index contributed by atoms with van der Waals surface area (Å²) in [7, 11) is 0. The van der Waals surface area contributed by atoms with E-state index in [0.717, 1.165) is 37.4 Å². The molecule has 0 rings (SSSR count). The van der Waals surface area contributed by atoms with Crippen molar-refractivity contribution in [3.8, 4) is 0 Å². The van der Waals surface area contributed by atoms with Crippen LogP contribution >= 0.6 is 0 Å². The van der Waals surface area contributed by atoms with Gasteiger partial charge in [-0.3, -0.25) is 29.0 Å². The fourth-order valence-corrected chi connectivity index (χ4v) is 3.49. The number of hydrogen-bond donors (Lipinski definition) is 3. The van der Waals surface area contributed by atoms with Crippen molar-refractivity contribution in [2.75, 3.05) is 59.1 Å². The Morgan fingerprint density at radius 2 is 0.946 bits per heavy atom. The monoisotopic (exact) mass is 534 g/mol. The van der Waals surface area contributed by atoms with Crippen LogP contribution in [0.3, 0.4) is 0 Å². The lowest BCUT2D eigenvalue weighted by Gasteiger charge is -2.24. The molecule has 0 radical (unpaired) electrons. The third-order valence-electron chi connectivity index (χ3n) is 5.33. The minimum absolute atomic E-state index is 0.00238. The predicted octanol–water partition coefficient (Wildman–Crippen LogP) is 3.35. The van der Waals surface area contributed by atoms with Gasteiger partial charge in [-0.1, -0.05) is 64.7 Å². The molecule has 0 bridgehead atoms. The van der Waals surface area contributed by atoms with Crippen LogP contribution in [0.2, 0.25) is 0 Å². The van der Waals surface area contributed by atoms with Crippen LogP contribution in [-0.2, 0) is 28.7 Å². The Bertz CT molecular complexity index is 585. The van der Waals surface area contributed by atoms with Crippen molar-refractivity contribution in [2.45, 2.75) is 85.0 Å². The van der Waals surface area contributed by atoms with Crippen molar-refractivity contribution in [3.63, 3.8) is 0 Å². The Morgan fingerprint density at radius 1 is 0.568 bits per heavy atom. The van der Waals surface area contributed by atoms with Crippen molar-refractivity contribution >= 4 is 23.9 Å². The van der Waals surface area contributed by atoms with E-state index >= 15 is 0 Å². The molecule has 11 nitrogen and oxygen atoms in total. The van der Waals surface area contributed by atoms with Gasteiger partial charge in [0.25, 0.3) is 0 Å². The zero-order chi connectivity index (χ0) is 28.3. The quantitative estimate of drug-likeness (QED) is 0.123. The first-order valence-corrected chi connectivity index (χ1v) is 13.5. The predicted molar refractivity (Wildman–Crippen MR) is 141 cm³/mol. The van der Waals surface area contributed by atoms with Crippen LogP contribution in [0.5, 0.6) is 0 Å². The van der Waals surface area contributed by atoms with Gasteiger partial charge in [0, 0.05) is 26.3 Å². The van der Waals surface area contributed by atoms with Gasteiger partial charge < -0.3 is 24.8 Å². The normalized spacial score (nSPS) is 10.7. The molecule has 3 N–H and O–H groups in total. The van der Waals surface area contributed by atoms with Gasteiger partial charge in [0.05, 0.1) is 32.8 Å². The van der Waals surface area contributed by atoms with Gasteiger partial charge in [-0.05, 0) is 20.3 Å². The summed E-state index contributed by atoms with van der Waals surface area (Å²) >= 11 is 0. The number of esters is 1. The van der Waals surface area contributed by atoms with E-state index in [2.05, 4.69) is 6.92 Å². The summed E-state index contributed by atoms with van der Waals surface area (Å²) < 4.78 is 10.0. The molecule has 218 valence electrons. The van der Waals surface area contributed by atoms with Crippen LogP contribution in [0.1, 0.15) is 85.0 Å². The Hall–Kier alpha value is -2.24. The molecule has 0 aliphatic heterocycles. The van der Waals surface area contributed by atoms with Crippen LogP contribution in [0.4, 0.5) is 0 Å². The van der Waals surface area contributed by atoms with Crippen molar-refractivity contribution < 1.29 is 44.0 Å². The first-order chi connectivity index (χ1) is 17.7. The van der Waals surface area contributed by atoms with E-state index in [0.29, 0.717) is 0 Å². The SMILES string of the molecule is CCCCCCCCCCCCOC(=O)CN(CCN(CC(=O)O)CC(=O)O)CC(=O)O.CCOCC. The molecule has 0 aromatic heterocycles. The number of carbonyl (C=O) groups excluding carboxylic acids is 1. The minimum atomic E-state index is -1.19. The Kier molecular flexibility index (Phi) is 26.8. The van der Waals surface area contributed by atoms with Crippen LogP contribution in [-0.4, -0.2) is 108 Å².